The first-order valence-corrected chi connectivity index (χ1v) is 12.6. The number of nitrogens with zero attached hydrogens (tertiary/aromatic N) is 1. The van der Waals surface area contributed by atoms with Gasteiger partial charge in [0.2, 0.25) is 8.87 Å². The molecular formula is C21H24ClNO4S2. The van der Waals surface area contributed by atoms with E-state index in [1.807, 2.05) is 30.0 Å². The quantitative estimate of drug-likeness (QED) is 0.475. The van der Waals surface area contributed by atoms with Crippen molar-refractivity contribution in [3.05, 3.63) is 64.7 Å². The van der Waals surface area contributed by atoms with Gasteiger partial charge in [-0.3, -0.25) is 4.90 Å². The first kappa shape index (κ1) is 22.2. The summed E-state index contributed by atoms with van der Waals surface area (Å²) in [5.74, 6) is -0.364. The summed E-state index contributed by atoms with van der Waals surface area (Å²) >= 11 is 6.32. The molecule has 0 aromatic heterocycles. The van der Waals surface area contributed by atoms with E-state index in [0.717, 1.165) is 16.4 Å². The standard InChI is InChI=1S/C21H24ClNO4S2/c1-15-7-9-17(10-8-15)29(25,26)28-16-11-13-23(14-12-16)20(21(24)27-2)18-5-3-4-6-19(18)22/h3-10,16,20H,11-14H2,1-2H3. The van der Waals surface area contributed by atoms with Crippen LogP contribution in [0.25, 0.3) is 0 Å². The third-order valence-electron chi connectivity index (χ3n) is 5.04. The Morgan fingerprint density at radius 3 is 2.34 bits per heavy atom. The Kier molecular flexibility index (Phi) is 7.27. The fraction of sp³-hybridized carbons (Fsp3) is 0.381. The maximum Gasteiger partial charge on any atom is 0.327 e. The van der Waals surface area contributed by atoms with Crippen LogP contribution in [-0.4, -0.2) is 44.7 Å². The van der Waals surface area contributed by atoms with Crippen LogP contribution in [-0.2, 0) is 18.4 Å². The summed E-state index contributed by atoms with van der Waals surface area (Å²) in [4.78, 5) is 14.8. The van der Waals surface area contributed by atoms with Gasteiger partial charge in [0, 0.05) is 23.4 Å². The highest BCUT2D eigenvalue weighted by atomic mass is 35.5. The predicted molar refractivity (Wildman–Crippen MR) is 117 cm³/mol. The second-order valence-corrected chi connectivity index (χ2v) is 11.6. The Hall–Kier alpha value is -1.54. The van der Waals surface area contributed by atoms with E-state index < -0.39 is 14.9 Å². The SMILES string of the molecule is COC(=O)C(c1ccccc1Cl)N1CCC(SS(=O)(=O)c2ccc(C)cc2)CC1. The van der Waals surface area contributed by atoms with Crippen LogP contribution in [0.4, 0.5) is 0 Å². The Bertz CT molecular complexity index is 955. The fourth-order valence-electron chi connectivity index (χ4n) is 3.45. The Balaban J connectivity index is 1.69. The van der Waals surface area contributed by atoms with Crippen LogP contribution in [0, 0.1) is 6.92 Å². The molecule has 29 heavy (non-hydrogen) atoms. The first-order valence-electron chi connectivity index (χ1n) is 9.38. The third kappa shape index (κ3) is 5.34. The molecule has 1 atom stereocenters. The molecule has 5 nitrogen and oxygen atoms in total. The molecule has 1 fully saturated rings. The molecule has 1 aliphatic rings. The third-order valence-corrected chi connectivity index (χ3v) is 9.38. The minimum atomic E-state index is -3.41. The van der Waals surface area contributed by atoms with Crippen molar-refractivity contribution < 1.29 is 17.9 Å². The summed E-state index contributed by atoms with van der Waals surface area (Å²) in [6.07, 6.45) is 1.32. The molecule has 3 rings (SSSR count). The highest BCUT2D eigenvalue weighted by molar-refractivity contribution is 8.72. The zero-order valence-electron chi connectivity index (χ0n) is 16.4. The van der Waals surface area contributed by atoms with Crippen molar-refractivity contribution in [1.82, 2.24) is 4.90 Å². The minimum Gasteiger partial charge on any atom is -0.468 e. The Morgan fingerprint density at radius 1 is 1.14 bits per heavy atom. The number of piperidine rings is 1. The number of carbonyl (C=O) groups excluding carboxylic acids is 1. The molecule has 0 bridgehead atoms. The van der Waals surface area contributed by atoms with Crippen LogP contribution in [0.1, 0.15) is 30.0 Å². The lowest BCUT2D eigenvalue weighted by Gasteiger charge is -2.36. The zero-order chi connectivity index (χ0) is 21.0. The summed E-state index contributed by atoms with van der Waals surface area (Å²) in [5, 5.41) is 0.489. The maximum absolute atomic E-state index is 12.7. The van der Waals surface area contributed by atoms with Crippen LogP contribution in [0.3, 0.4) is 0 Å². The molecule has 156 valence electrons. The second kappa shape index (κ2) is 9.51. The van der Waals surface area contributed by atoms with Gasteiger partial charge >= 0.3 is 5.97 Å². The smallest absolute Gasteiger partial charge is 0.327 e. The molecule has 2 aromatic carbocycles. The molecule has 0 aliphatic carbocycles. The van der Waals surface area contributed by atoms with Crippen molar-refractivity contribution in [2.75, 3.05) is 20.2 Å². The van der Waals surface area contributed by atoms with Crippen LogP contribution in [0.15, 0.2) is 53.4 Å². The summed E-state index contributed by atoms with van der Waals surface area (Å²) in [7, 11) is -1.03. The molecule has 0 spiro atoms. The largest absolute Gasteiger partial charge is 0.468 e. The minimum absolute atomic E-state index is 0.0258. The molecule has 1 heterocycles. The highest BCUT2D eigenvalue weighted by Crippen LogP contribution is 2.36. The number of esters is 1. The predicted octanol–water partition coefficient (Wildman–Crippen LogP) is 4.45. The lowest BCUT2D eigenvalue weighted by atomic mass is 10.0. The van der Waals surface area contributed by atoms with Gasteiger partial charge in [0.25, 0.3) is 0 Å². The Labute approximate surface area is 180 Å². The van der Waals surface area contributed by atoms with Gasteiger partial charge in [0.15, 0.2) is 0 Å². The maximum atomic E-state index is 12.7. The van der Waals surface area contributed by atoms with Crippen molar-refractivity contribution in [2.45, 2.75) is 36.0 Å². The number of rotatable bonds is 6. The number of carbonyl (C=O) groups is 1. The zero-order valence-corrected chi connectivity index (χ0v) is 18.8. The topological polar surface area (TPSA) is 63.7 Å². The van der Waals surface area contributed by atoms with Gasteiger partial charge in [-0.05, 0) is 54.3 Å². The first-order chi connectivity index (χ1) is 13.8. The fourth-order valence-corrected chi connectivity index (χ4v) is 7.35. The van der Waals surface area contributed by atoms with Gasteiger partial charge in [-0.25, -0.2) is 13.2 Å². The van der Waals surface area contributed by atoms with E-state index in [0.29, 0.717) is 41.4 Å². The molecule has 1 saturated heterocycles. The summed E-state index contributed by atoms with van der Waals surface area (Å²) in [6, 6.07) is 13.6. The summed E-state index contributed by atoms with van der Waals surface area (Å²) < 4.78 is 30.4. The van der Waals surface area contributed by atoms with Gasteiger partial charge in [0.1, 0.15) is 6.04 Å². The van der Waals surface area contributed by atoms with Crippen molar-refractivity contribution in [1.29, 1.82) is 0 Å². The molecular weight excluding hydrogens is 430 g/mol. The van der Waals surface area contributed by atoms with E-state index in [9.17, 15) is 13.2 Å². The van der Waals surface area contributed by atoms with Crippen molar-refractivity contribution in [3.63, 3.8) is 0 Å². The monoisotopic (exact) mass is 453 g/mol. The second-order valence-electron chi connectivity index (χ2n) is 7.05. The molecule has 0 saturated carbocycles. The molecule has 1 aliphatic heterocycles. The molecule has 0 radical (unpaired) electrons. The van der Waals surface area contributed by atoms with Crippen molar-refractivity contribution >= 4 is 37.2 Å². The van der Waals surface area contributed by atoms with E-state index in [4.69, 9.17) is 16.3 Å². The average Bonchev–Trinajstić information content (AvgIpc) is 2.71. The molecule has 0 N–H and O–H groups in total. The van der Waals surface area contributed by atoms with Gasteiger partial charge in [-0.2, -0.15) is 0 Å². The number of hydrogen-bond donors (Lipinski definition) is 0. The number of hydrogen-bond acceptors (Lipinski definition) is 6. The molecule has 2 aromatic rings. The number of methoxy groups -OCH3 is 1. The van der Waals surface area contributed by atoms with Crippen LogP contribution >= 0.6 is 22.4 Å². The number of halogens is 1. The summed E-state index contributed by atoms with van der Waals surface area (Å²) in [6.45, 7) is 3.11. The van der Waals surface area contributed by atoms with Crippen LogP contribution in [0.5, 0.6) is 0 Å². The average molecular weight is 454 g/mol. The summed E-state index contributed by atoms with van der Waals surface area (Å²) in [5.41, 5.74) is 1.73. The van der Waals surface area contributed by atoms with Crippen LogP contribution in [0.2, 0.25) is 5.02 Å². The Morgan fingerprint density at radius 2 is 1.76 bits per heavy atom. The molecule has 0 amide bonds. The molecule has 1 unspecified atom stereocenters. The van der Waals surface area contributed by atoms with E-state index in [1.165, 1.54) is 7.11 Å². The number of benzene rings is 2. The van der Waals surface area contributed by atoms with Crippen LogP contribution < -0.4 is 0 Å². The highest BCUT2D eigenvalue weighted by Gasteiger charge is 2.34. The van der Waals surface area contributed by atoms with Gasteiger partial charge in [-0.15, -0.1) is 0 Å². The van der Waals surface area contributed by atoms with Gasteiger partial charge in [-0.1, -0.05) is 47.5 Å². The number of ether oxygens (including phenoxy) is 1. The van der Waals surface area contributed by atoms with Crippen molar-refractivity contribution in [3.8, 4) is 0 Å². The van der Waals surface area contributed by atoms with E-state index in [2.05, 4.69) is 0 Å². The number of likely N-dealkylation sites (tertiary alicyclic amines) is 1. The molecule has 8 heteroatoms. The normalized spacial score (nSPS) is 17.1. The van der Waals surface area contributed by atoms with E-state index in [-0.39, 0.29) is 11.2 Å². The van der Waals surface area contributed by atoms with Gasteiger partial charge in [0.05, 0.1) is 12.0 Å². The van der Waals surface area contributed by atoms with Crippen molar-refractivity contribution in [2.24, 2.45) is 0 Å². The van der Waals surface area contributed by atoms with E-state index >= 15 is 0 Å². The lowest BCUT2D eigenvalue weighted by Crippen LogP contribution is -2.41. The van der Waals surface area contributed by atoms with Gasteiger partial charge < -0.3 is 4.74 Å². The van der Waals surface area contributed by atoms with E-state index in [1.54, 1.807) is 30.3 Å². The lowest BCUT2D eigenvalue weighted by molar-refractivity contribution is -0.147. The number of aryl methyl sites for hydroxylation is 1.